The molecular formula is C29H34N6O3. The van der Waals surface area contributed by atoms with Crippen LogP contribution in [0.25, 0.3) is 11.3 Å². The lowest BCUT2D eigenvalue weighted by Crippen LogP contribution is -2.54. The van der Waals surface area contributed by atoms with E-state index in [1.165, 1.54) is 25.6 Å². The van der Waals surface area contributed by atoms with Gasteiger partial charge in [0.15, 0.2) is 5.76 Å². The maximum atomic E-state index is 11.5. The number of carbonyl (C=O) groups is 1. The Kier molecular flexibility index (Phi) is 8.09. The van der Waals surface area contributed by atoms with E-state index in [1.54, 1.807) is 12.3 Å². The summed E-state index contributed by atoms with van der Waals surface area (Å²) in [5, 5.41) is 19.3. The van der Waals surface area contributed by atoms with E-state index in [2.05, 4.69) is 36.6 Å². The Morgan fingerprint density at radius 2 is 1.92 bits per heavy atom. The minimum absolute atomic E-state index is 0.230. The van der Waals surface area contributed by atoms with Gasteiger partial charge in [-0.15, -0.1) is 0 Å². The minimum atomic E-state index is -0.518. The molecule has 5 rings (SSSR count). The van der Waals surface area contributed by atoms with Crippen LogP contribution in [-0.4, -0.2) is 49.4 Å². The second-order valence-electron chi connectivity index (χ2n) is 9.98. The first kappa shape index (κ1) is 25.6. The standard InChI is InChI=1S/C29H34N6O3/c1-37-29(36)33-22-7-4-6-21(16-22)27-18-31-28(38-27)34-26-10-3-2-9-25(26)32-23-8-5-15-35(19-23)24-13-11-20(17-30)12-14-24/h4,6-7,11-14,16,18,23,25-26,32H,2-3,5,8-10,15,19H2,1H3,(H,31,34)(H,33,36)/t23-,25+,26+/m0/s1. The molecule has 2 aromatic carbocycles. The lowest BCUT2D eigenvalue weighted by Gasteiger charge is -2.40. The zero-order chi connectivity index (χ0) is 26.3. The zero-order valence-corrected chi connectivity index (χ0v) is 21.7. The summed E-state index contributed by atoms with van der Waals surface area (Å²) in [6.07, 6.45) is 8.02. The van der Waals surface area contributed by atoms with Crippen LogP contribution >= 0.6 is 0 Å². The topological polar surface area (TPSA) is 115 Å². The highest BCUT2D eigenvalue weighted by Gasteiger charge is 2.30. The van der Waals surface area contributed by atoms with Crippen LogP contribution in [0.3, 0.4) is 0 Å². The fraction of sp³-hybridized carbons (Fsp3) is 0.414. The summed E-state index contributed by atoms with van der Waals surface area (Å²) >= 11 is 0. The number of ether oxygens (including phenoxy) is 1. The molecule has 1 aromatic heterocycles. The van der Waals surface area contributed by atoms with Gasteiger partial charge in [-0.3, -0.25) is 5.32 Å². The molecule has 9 nitrogen and oxygen atoms in total. The number of nitrogens with zero attached hydrogens (tertiary/aromatic N) is 3. The van der Waals surface area contributed by atoms with Gasteiger partial charge in [0.05, 0.1) is 24.9 Å². The average molecular weight is 515 g/mol. The predicted molar refractivity (Wildman–Crippen MR) is 147 cm³/mol. The molecule has 3 atom stereocenters. The van der Waals surface area contributed by atoms with E-state index in [0.717, 1.165) is 44.3 Å². The van der Waals surface area contributed by atoms with Gasteiger partial charge < -0.3 is 24.7 Å². The number of hydrogen-bond acceptors (Lipinski definition) is 8. The fourth-order valence-corrected chi connectivity index (χ4v) is 5.45. The molecule has 2 aliphatic rings. The van der Waals surface area contributed by atoms with Crippen molar-refractivity contribution in [1.82, 2.24) is 10.3 Å². The highest BCUT2D eigenvalue weighted by Crippen LogP contribution is 2.28. The van der Waals surface area contributed by atoms with Gasteiger partial charge >= 0.3 is 6.09 Å². The number of nitrogens with one attached hydrogen (secondary N) is 3. The van der Waals surface area contributed by atoms with Crippen LogP contribution in [0.2, 0.25) is 0 Å². The number of piperidine rings is 1. The largest absolute Gasteiger partial charge is 0.453 e. The third-order valence-corrected chi connectivity index (χ3v) is 7.39. The Morgan fingerprint density at radius 3 is 2.71 bits per heavy atom. The van der Waals surface area contributed by atoms with Crippen molar-refractivity contribution in [3.63, 3.8) is 0 Å². The molecule has 0 radical (unpaired) electrons. The maximum absolute atomic E-state index is 11.5. The molecule has 0 unspecified atom stereocenters. The summed E-state index contributed by atoms with van der Waals surface area (Å²) in [6, 6.07) is 18.9. The number of carbonyl (C=O) groups excluding carboxylic acids is 1. The molecule has 1 saturated heterocycles. The number of aromatic nitrogens is 1. The van der Waals surface area contributed by atoms with Gasteiger partial charge in [0, 0.05) is 48.2 Å². The van der Waals surface area contributed by atoms with Crippen molar-refractivity contribution in [3.8, 4) is 17.4 Å². The van der Waals surface area contributed by atoms with Crippen molar-refractivity contribution in [2.75, 3.05) is 35.7 Å². The number of amides is 1. The van der Waals surface area contributed by atoms with Crippen LogP contribution in [0, 0.1) is 11.3 Å². The van der Waals surface area contributed by atoms with Crippen LogP contribution in [0.15, 0.2) is 59.1 Å². The van der Waals surface area contributed by atoms with E-state index in [4.69, 9.17) is 9.68 Å². The summed E-state index contributed by atoms with van der Waals surface area (Å²) in [5.74, 6) is 0.631. The van der Waals surface area contributed by atoms with Crippen molar-refractivity contribution in [1.29, 1.82) is 5.26 Å². The summed E-state index contributed by atoms with van der Waals surface area (Å²) in [7, 11) is 1.33. The van der Waals surface area contributed by atoms with Crippen LogP contribution in [0.5, 0.6) is 0 Å². The first-order valence-electron chi connectivity index (χ1n) is 13.3. The summed E-state index contributed by atoms with van der Waals surface area (Å²) in [4.78, 5) is 18.4. The van der Waals surface area contributed by atoms with Crippen LogP contribution in [0.4, 0.5) is 22.2 Å². The SMILES string of the molecule is COC(=O)Nc1cccc(-c2cnc(N[C@@H]3CCCC[C@H]3N[C@H]3CCCN(c4ccc(C#N)cc4)C3)o2)c1. The second kappa shape index (κ2) is 12.0. The molecule has 1 saturated carbocycles. The monoisotopic (exact) mass is 514 g/mol. The average Bonchev–Trinajstić information content (AvgIpc) is 3.43. The summed E-state index contributed by atoms with van der Waals surface area (Å²) in [6.45, 7) is 1.99. The highest BCUT2D eigenvalue weighted by molar-refractivity contribution is 5.85. The van der Waals surface area contributed by atoms with Gasteiger partial charge in [-0.1, -0.05) is 25.0 Å². The molecule has 3 N–H and O–H groups in total. The number of benzene rings is 2. The first-order chi connectivity index (χ1) is 18.6. The molecular weight excluding hydrogens is 480 g/mol. The van der Waals surface area contributed by atoms with Gasteiger partial charge in [0.25, 0.3) is 6.01 Å². The van der Waals surface area contributed by atoms with Crippen LogP contribution < -0.4 is 20.9 Å². The summed E-state index contributed by atoms with van der Waals surface area (Å²) in [5.41, 5.74) is 3.31. The van der Waals surface area contributed by atoms with Crippen molar-refractivity contribution in [3.05, 3.63) is 60.3 Å². The molecule has 2 fully saturated rings. The lowest BCUT2D eigenvalue weighted by molar-refractivity contribution is 0.187. The molecule has 1 aliphatic carbocycles. The zero-order valence-electron chi connectivity index (χ0n) is 21.7. The minimum Gasteiger partial charge on any atom is -0.453 e. The smallest absolute Gasteiger partial charge is 0.411 e. The van der Waals surface area contributed by atoms with E-state index in [-0.39, 0.29) is 6.04 Å². The van der Waals surface area contributed by atoms with Crippen LogP contribution in [-0.2, 0) is 4.74 Å². The first-order valence-corrected chi connectivity index (χ1v) is 13.3. The predicted octanol–water partition coefficient (Wildman–Crippen LogP) is 5.37. The lowest BCUT2D eigenvalue weighted by atomic mass is 9.89. The second-order valence-corrected chi connectivity index (χ2v) is 9.98. The molecule has 38 heavy (non-hydrogen) atoms. The Morgan fingerprint density at radius 1 is 1.11 bits per heavy atom. The number of rotatable bonds is 7. The number of hydrogen-bond donors (Lipinski definition) is 3. The summed E-state index contributed by atoms with van der Waals surface area (Å²) < 4.78 is 10.7. The molecule has 9 heteroatoms. The molecule has 1 aliphatic heterocycles. The highest BCUT2D eigenvalue weighted by atomic mass is 16.5. The number of anilines is 3. The van der Waals surface area contributed by atoms with Gasteiger partial charge in [-0.25, -0.2) is 9.78 Å². The molecule has 3 aromatic rings. The van der Waals surface area contributed by atoms with Gasteiger partial charge in [0.1, 0.15) is 0 Å². The number of nitriles is 1. The maximum Gasteiger partial charge on any atom is 0.411 e. The quantitative estimate of drug-likeness (QED) is 0.385. The number of oxazole rings is 1. The van der Waals surface area contributed by atoms with Crippen LogP contribution in [0.1, 0.15) is 44.1 Å². The Bertz CT molecular complexity index is 1270. The van der Waals surface area contributed by atoms with Crippen molar-refractivity contribution in [2.45, 2.75) is 56.7 Å². The molecule has 0 spiro atoms. The van der Waals surface area contributed by atoms with E-state index < -0.39 is 6.09 Å². The Labute approximate surface area is 223 Å². The Balaban J connectivity index is 1.21. The van der Waals surface area contributed by atoms with E-state index >= 15 is 0 Å². The van der Waals surface area contributed by atoms with Crippen molar-refractivity contribution >= 4 is 23.5 Å². The molecule has 2 heterocycles. The molecule has 1 amide bonds. The van der Waals surface area contributed by atoms with E-state index in [1.807, 2.05) is 42.5 Å². The van der Waals surface area contributed by atoms with Gasteiger partial charge in [-0.05, 0) is 62.1 Å². The molecule has 198 valence electrons. The molecule has 0 bridgehead atoms. The third kappa shape index (κ3) is 6.26. The van der Waals surface area contributed by atoms with Gasteiger partial charge in [-0.2, -0.15) is 5.26 Å². The number of methoxy groups -OCH3 is 1. The Hall–Kier alpha value is -4.03. The normalized spacial score (nSPS) is 21.4. The van der Waals surface area contributed by atoms with Crippen molar-refractivity contribution in [2.24, 2.45) is 0 Å². The van der Waals surface area contributed by atoms with E-state index in [9.17, 15) is 4.79 Å². The van der Waals surface area contributed by atoms with Crippen molar-refractivity contribution < 1.29 is 13.9 Å². The fourth-order valence-electron chi connectivity index (χ4n) is 5.45. The van der Waals surface area contributed by atoms with E-state index in [0.29, 0.717) is 35.1 Å². The van der Waals surface area contributed by atoms with Gasteiger partial charge in [0.2, 0.25) is 0 Å². The third-order valence-electron chi connectivity index (χ3n) is 7.39.